The second-order valence-electron chi connectivity index (χ2n) is 6.53. The number of guanidine groups is 1. The molecule has 1 amide bonds. The van der Waals surface area contributed by atoms with E-state index in [0.717, 1.165) is 16.0 Å². The molecule has 1 aromatic heterocycles. The summed E-state index contributed by atoms with van der Waals surface area (Å²) < 4.78 is 19.9. The summed E-state index contributed by atoms with van der Waals surface area (Å²) >= 11 is 6.06. The Labute approximate surface area is 171 Å². The Kier molecular flexibility index (Phi) is 4.90. The second kappa shape index (κ2) is 7.52. The van der Waals surface area contributed by atoms with Gasteiger partial charge in [0.15, 0.2) is 5.96 Å². The fourth-order valence-electron chi connectivity index (χ4n) is 3.13. The fraction of sp³-hybridized carbons (Fsp3) is 0.0952. The number of nitrogens with two attached hydrogens (primary N) is 1. The number of fused-ring (bicyclic) bond motifs is 2. The zero-order valence-electron chi connectivity index (χ0n) is 15.3. The van der Waals surface area contributed by atoms with Gasteiger partial charge in [0.1, 0.15) is 23.4 Å². The zero-order valence-corrected chi connectivity index (χ0v) is 16.1. The summed E-state index contributed by atoms with van der Waals surface area (Å²) in [4.78, 5) is 20.8. The van der Waals surface area contributed by atoms with Crippen LogP contribution in [-0.2, 0) is 4.79 Å². The molecular weight excluding hydrogens is 395 g/mol. The smallest absolute Gasteiger partial charge is 0.216 e. The predicted molar refractivity (Wildman–Crippen MR) is 108 cm³/mol. The van der Waals surface area contributed by atoms with Crippen LogP contribution in [0.15, 0.2) is 59.9 Å². The Bertz CT molecular complexity index is 1140. The van der Waals surface area contributed by atoms with E-state index in [-0.39, 0.29) is 5.96 Å². The summed E-state index contributed by atoms with van der Waals surface area (Å²) in [6, 6.07) is 10.9. The van der Waals surface area contributed by atoms with Crippen LogP contribution in [0.5, 0.6) is 11.5 Å². The van der Waals surface area contributed by atoms with Crippen molar-refractivity contribution >= 4 is 24.0 Å². The lowest BCUT2D eigenvalue weighted by Crippen LogP contribution is -2.33. The molecule has 0 bridgehead atoms. The highest BCUT2D eigenvalue weighted by Gasteiger charge is 2.28. The molecule has 4 rings (SSSR count). The average Bonchev–Trinajstić information content (AvgIpc) is 2.73. The van der Waals surface area contributed by atoms with E-state index >= 15 is 0 Å². The number of pyridine rings is 1. The van der Waals surface area contributed by atoms with E-state index in [0.29, 0.717) is 34.1 Å². The van der Waals surface area contributed by atoms with E-state index in [1.54, 1.807) is 30.6 Å². The molecule has 29 heavy (non-hydrogen) atoms. The summed E-state index contributed by atoms with van der Waals surface area (Å²) in [6.45, 7) is 0. The zero-order chi connectivity index (χ0) is 20.5. The van der Waals surface area contributed by atoms with Crippen molar-refractivity contribution in [1.29, 1.82) is 0 Å². The molecule has 0 fully saturated rings. The standard InChI is InChI=1S/C21H16ClFN4O2/c1-27(11-28)21(24)26-20-16-7-12(13-6-14(22)10-25-9-13)2-4-18(16)29-19-5-3-15(23)8-17(19)20/h2-11,20H,1H3,(H2,24,26). The molecule has 0 radical (unpaired) electrons. The van der Waals surface area contributed by atoms with Crippen LogP contribution in [0.3, 0.4) is 0 Å². The summed E-state index contributed by atoms with van der Waals surface area (Å²) in [5.74, 6) is 0.626. The van der Waals surface area contributed by atoms with E-state index in [2.05, 4.69) is 9.98 Å². The normalized spacial score (nSPS) is 15.1. The number of carbonyl (C=O) groups excluding carboxylic acids is 1. The number of amides is 1. The predicted octanol–water partition coefficient (Wildman–Crippen LogP) is 4.14. The highest BCUT2D eigenvalue weighted by atomic mass is 35.5. The number of hydrogen-bond acceptors (Lipinski definition) is 4. The average molecular weight is 411 g/mol. The van der Waals surface area contributed by atoms with Crippen molar-refractivity contribution in [2.75, 3.05) is 7.05 Å². The van der Waals surface area contributed by atoms with Gasteiger partial charge < -0.3 is 10.5 Å². The molecule has 2 N–H and O–H groups in total. The van der Waals surface area contributed by atoms with Crippen LogP contribution < -0.4 is 10.5 Å². The largest absolute Gasteiger partial charge is 0.457 e. The van der Waals surface area contributed by atoms with Crippen molar-refractivity contribution in [1.82, 2.24) is 9.88 Å². The summed E-state index contributed by atoms with van der Waals surface area (Å²) in [6.07, 6.45) is 3.80. The first-order valence-corrected chi connectivity index (χ1v) is 9.07. The van der Waals surface area contributed by atoms with E-state index in [9.17, 15) is 9.18 Å². The molecule has 2 heterocycles. The third-order valence-corrected chi connectivity index (χ3v) is 4.82. The van der Waals surface area contributed by atoms with Gasteiger partial charge >= 0.3 is 0 Å². The molecule has 0 saturated heterocycles. The molecule has 1 atom stereocenters. The van der Waals surface area contributed by atoms with Gasteiger partial charge in [-0.05, 0) is 42.0 Å². The van der Waals surface area contributed by atoms with Crippen molar-refractivity contribution in [3.63, 3.8) is 0 Å². The third kappa shape index (κ3) is 3.64. The summed E-state index contributed by atoms with van der Waals surface area (Å²) in [5.41, 5.74) is 8.81. The van der Waals surface area contributed by atoms with Gasteiger partial charge in [0.25, 0.3) is 0 Å². The Morgan fingerprint density at radius 3 is 2.62 bits per heavy atom. The van der Waals surface area contributed by atoms with Gasteiger partial charge in [-0.25, -0.2) is 9.38 Å². The summed E-state index contributed by atoms with van der Waals surface area (Å²) in [7, 11) is 1.49. The molecule has 0 aliphatic carbocycles. The first kappa shape index (κ1) is 18.9. The molecule has 1 aliphatic heterocycles. The summed E-state index contributed by atoms with van der Waals surface area (Å²) in [5, 5.41) is 0.510. The van der Waals surface area contributed by atoms with Gasteiger partial charge in [0.2, 0.25) is 6.41 Å². The number of carbonyl (C=O) groups is 1. The maximum absolute atomic E-state index is 14.0. The molecular formula is C21H16ClFN4O2. The van der Waals surface area contributed by atoms with Crippen LogP contribution in [0.1, 0.15) is 17.2 Å². The topological polar surface area (TPSA) is 80.8 Å². The molecule has 0 saturated carbocycles. The lowest BCUT2D eigenvalue weighted by Gasteiger charge is -2.27. The van der Waals surface area contributed by atoms with Gasteiger partial charge in [0.05, 0.1) is 5.02 Å². The lowest BCUT2D eigenvalue weighted by molar-refractivity contribution is -0.114. The lowest BCUT2D eigenvalue weighted by atomic mass is 9.92. The molecule has 6 nitrogen and oxygen atoms in total. The van der Waals surface area contributed by atoms with Gasteiger partial charge in [-0.1, -0.05) is 17.7 Å². The van der Waals surface area contributed by atoms with Crippen LogP contribution in [0.2, 0.25) is 5.02 Å². The number of benzene rings is 2. The van der Waals surface area contributed by atoms with E-state index < -0.39 is 11.9 Å². The van der Waals surface area contributed by atoms with Crippen molar-refractivity contribution in [2.45, 2.75) is 6.04 Å². The Hall–Kier alpha value is -3.45. The van der Waals surface area contributed by atoms with Crippen LogP contribution in [0.4, 0.5) is 4.39 Å². The fourth-order valence-corrected chi connectivity index (χ4v) is 3.31. The second-order valence-corrected chi connectivity index (χ2v) is 6.97. The van der Waals surface area contributed by atoms with E-state index in [4.69, 9.17) is 22.1 Å². The van der Waals surface area contributed by atoms with Gasteiger partial charge in [-0.3, -0.25) is 14.7 Å². The number of rotatable bonds is 3. The number of halogens is 2. The first-order chi connectivity index (χ1) is 14.0. The van der Waals surface area contributed by atoms with Crippen LogP contribution in [0.25, 0.3) is 11.1 Å². The Balaban J connectivity index is 1.88. The molecule has 2 aromatic carbocycles. The third-order valence-electron chi connectivity index (χ3n) is 4.61. The van der Waals surface area contributed by atoms with Gasteiger partial charge in [-0.15, -0.1) is 0 Å². The molecule has 8 heteroatoms. The van der Waals surface area contributed by atoms with E-state index in [1.807, 2.05) is 12.1 Å². The van der Waals surface area contributed by atoms with Crippen molar-refractivity contribution < 1.29 is 13.9 Å². The first-order valence-electron chi connectivity index (χ1n) is 8.70. The maximum atomic E-state index is 14.0. The van der Waals surface area contributed by atoms with Crippen LogP contribution in [-0.4, -0.2) is 29.3 Å². The molecule has 3 aromatic rings. The minimum atomic E-state index is -0.654. The van der Waals surface area contributed by atoms with Crippen molar-refractivity contribution in [3.05, 3.63) is 76.8 Å². The van der Waals surface area contributed by atoms with Crippen molar-refractivity contribution in [2.24, 2.45) is 10.7 Å². The Morgan fingerprint density at radius 2 is 1.90 bits per heavy atom. The number of aliphatic imine (C=N–C) groups is 1. The van der Waals surface area contributed by atoms with Crippen LogP contribution in [0, 0.1) is 5.82 Å². The van der Waals surface area contributed by atoms with E-state index in [1.165, 1.54) is 19.2 Å². The monoisotopic (exact) mass is 410 g/mol. The molecule has 1 unspecified atom stereocenters. The van der Waals surface area contributed by atoms with Crippen LogP contribution >= 0.6 is 11.6 Å². The van der Waals surface area contributed by atoms with Gasteiger partial charge in [0, 0.05) is 36.1 Å². The number of nitrogens with zero attached hydrogens (tertiary/aromatic N) is 3. The number of ether oxygens (including phenoxy) is 1. The minimum absolute atomic E-state index is 0.00267. The molecule has 146 valence electrons. The molecule has 1 aliphatic rings. The highest BCUT2D eigenvalue weighted by molar-refractivity contribution is 6.30. The highest BCUT2D eigenvalue weighted by Crippen LogP contribution is 2.46. The van der Waals surface area contributed by atoms with Crippen molar-refractivity contribution in [3.8, 4) is 22.6 Å². The SMILES string of the molecule is CN(C=O)C(N)=NC1c2cc(F)ccc2Oc2ccc(-c3cncc(Cl)c3)cc21. The molecule has 0 spiro atoms. The van der Waals surface area contributed by atoms with Gasteiger partial charge in [-0.2, -0.15) is 0 Å². The Morgan fingerprint density at radius 1 is 1.17 bits per heavy atom. The quantitative estimate of drug-likeness (QED) is 0.400. The minimum Gasteiger partial charge on any atom is -0.457 e. The number of aromatic nitrogens is 1. The maximum Gasteiger partial charge on any atom is 0.216 e. The number of hydrogen-bond donors (Lipinski definition) is 1.